The zero-order valence-corrected chi connectivity index (χ0v) is 13.2. The summed E-state index contributed by atoms with van der Waals surface area (Å²) >= 11 is 0. The number of fused-ring (bicyclic) bond motifs is 1. The van der Waals surface area contributed by atoms with Crippen molar-refractivity contribution in [2.45, 2.75) is 65.2 Å². The Morgan fingerprint density at radius 2 is 1.86 bits per heavy atom. The molecule has 2 aliphatic carbocycles. The Morgan fingerprint density at radius 1 is 1.19 bits per heavy atom. The Kier molecular flexibility index (Phi) is 5.17. The van der Waals surface area contributed by atoms with Gasteiger partial charge < -0.3 is 4.74 Å². The van der Waals surface area contributed by atoms with Gasteiger partial charge in [0.05, 0.1) is 6.61 Å². The molecule has 2 rings (SSSR count). The highest BCUT2D eigenvalue weighted by Crippen LogP contribution is 2.46. The van der Waals surface area contributed by atoms with Crippen LogP contribution in [0.5, 0.6) is 0 Å². The molecule has 0 amide bonds. The van der Waals surface area contributed by atoms with Gasteiger partial charge in [-0.2, -0.15) is 0 Å². The highest BCUT2D eigenvalue weighted by molar-refractivity contribution is 6.08. The SMILES string of the molecule is CCOC(=O)[C@@]1(CC(C)=O)CCCC2CCCCC2C1=O. The average molecular weight is 294 g/mol. The quantitative estimate of drug-likeness (QED) is 0.590. The number of carbonyl (C=O) groups excluding carboxylic acids is 3. The summed E-state index contributed by atoms with van der Waals surface area (Å²) in [6.07, 6.45) is 6.47. The molecule has 0 aromatic heterocycles. The molecule has 2 fully saturated rings. The standard InChI is InChI=1S/C17H26O4/c1-3-21-16(20)17(11-12(2)18)10-6-8-13-7-4-5-9-14(13)15(17)19/h13-14H,3-11H2,1-2H3/t13?,14?,17-/m1/s1. The Hall–Kier alpha value is -1.19. The van der Waals surface area contributed by atoms with Gasteiger partial charge in [0, 0.05) is 12.3 Å². The van der Waals surface area contributed by atoms with Gasteiger partial charge in [-0.1, -0.05) is 19.3 Å². The van der Waals surface area contributed by atoms with Crippen molar-refractivity contribution in [2.24, 2.45) is 17.3 Å². The lowest BCUT2D eigenvalue weighted by Gasteiger charge is -2.34. The zero-order chi connectivity index (χ0) is 15.5. The minimum absolute atomic E-state index is 0.00782. The van der Waals surface area contributed by atoms with Crippen molar-refractivity contribution in [1.29, 1.82) is 0 Å². The summed E-state index contributed by atoms with van der Waals surface area (Å²) in [5.41, 5.74) is -1.21. The molecule has 4 heteroatoms. The largest absolute Gasteiger partial charge is 0.465 e. The van der Waals surface area contributed by atoms with Gasteiger partial charge >= 0.3 is 5.97 Å². The molecule has 0 heterocycles. The van der Waals surface area contributed by atoms with E-state index in [1.165, 1.54) is 13.3 Å². The maximum atomic E-state index is 13.1. The van der Waals surface area contributed by atoms with E-state index in [0.717, 1.165) is 32.1 Å². The summed E-state index contributed by atoms with van der Waals surface area (Å²) in [6, 6.07) is 0. The van der Waals surface area contributed by atoms with Crippen molar-refractivity contribution in [2.75, 3.05) is 6.61 Å². The molecule has 0 bridgehead atoms. The summed E-state index contributed by atoms with van der Waals surface area (Å²) in [7, 11) is 0. The number of carbonyl (C=O) groups is 3. The second kappa shape index (κ2) is 6.71. The molecule has 0 aromatic rings. The zero-order valence-electron chi connectivity index (χ0n) is 13.2. The highest BCUT2D eigenvalue weighted by Gasteiger charge is 2.53. The summed E-state index contributed by atoms with van der Waals surface area (Å²) in [4.78, 5) is 37.3. The molecule has 0 N–H and O–H groups in total. The van der Waals surface area contributed by atoms with Gasteiger partial charge in [-0.05, 0) is 45.4 Å². The van der Waals surface area contributed by atoms with Crippen LogP contribution in [0.15, 0.2) is 0 Å². The molecule has 0 spiro atoms. The van der Waals surface area contributed by atoms with Crippen LogP contribution >= 0.6 is 0 Å². The summed E-state index contributed by atoms with van der Waals surface area (Å²) in [6.45, 7) is 3.45. The van der Waals surface area contributed by atoms with Crippen molar-refractivity contribution >= 4 is 17.5 Å². The van der Waals surface area contributed by atoms with E-state index in [-0.39, 0.29) is 30.5 Å². The smallest absolute Gasteiger partial charge is 0.320 e. The molecule has 0 aromatic carbocycles. The predicted octanol–water partition coefficient (Wildman–Crippen LogP) is 3.07. The summed E-state index contributed by atoms with van der Waals surface area (Å²) in [5, 5.41) is 0. The van der Waals surface area contributed by atoms with Crippen LogP contribution in [0.4, 0.5) is 0 Å². The summed E-state index contributed by atoms with van der Waals surface area (Å²) < 4.78 is 5.18. The van der Waals surface area contributed by atoms with Crippen molar-refractivity contribution in [1.82, 2.24) is 0 Å². The van der Waals surface area contributed by atoms with Gasteiger partial charge in [-0.25, -0.2) is 0 Å². The van der Waals surface area contributed by atoms with Gasteiger partial charge in [0.2, 0.25) is 0 Å². The van der Waals surface area contributed by atoms with E-state index in [1.54, 1.807) is 6.92 Å². The Balaban J connectivity index is 2.34. The molecule has 2 saturated carbocycles. The van der Waals surface area contributed by atoms with Crippen molar-refractivity contribution in [3.05, 3.63) is 0 Å². The first kappa shape index (κ1) is 16.2. The van der Waals surface area contributed by atoms with Crippen molar-refractivity contribution in [3.63, 3.8) is 0 Å². The van der Waals surface area contributed by atoms with Crippen molar-refractivity contribution in [3.8, 4) is 0 Å². The molecule has 3 atom stereocenters. The van der Waals surface area contributed by atoms with E-state index in [4.69, 9.17) is 4.74 Å². The van der Waals surface area contributed by atoms with E-state index < -0.39 is 11.4 Å². The van der Waals surface area contributed by atoms with E-state index in [9.17, 15) is 14.4 Å². The molecular formula is C17H26O4. The van der Waals surface area contributed by atoms with Crippen LogP contribution in [0.3, 0.4) is 0 Å². The number of rotatable bonds is 4. The number of hydrogen-bond donors (Lipinski definition) is 0. The van der Waals surface area contributed by atoms with E-state index in [2.05, 4.69) is 0 Å². The maximum Gasteiger partial charge on any atom is 0.320 e. The second-order valence-electron chi connectivity index (χ2n) is 6.59. The first-order valence-electron chi connectivity index (χ1n) is 8.22. The molecule has 4 nitrogen and oxygen atoms in total. The van der Waals surface area contributed by atoms with Crippen LogP contribution in [0, 0.1) is 17.3 Å². The number of hydrogen-bond acceptors (Lipinski definition) is 4. The van der Waals surface area contributed by atoms with Crippen molar-refractivity contribution < 1.29 is 19.1 Å². The van der Waals surface area contributed by atoms with Gasteiger partial charge in [0.1, 0.15) is 11.2 Å². The lowest BCUT2D eigenvalue weighted by Crippen LogP contribution is -2.46. The average Bonchev–Trinajstić information content (AvgIpc) is 2.58. The minimum Gasteiger partial charge on any atom is -0.465 e. The second-order valence-corrected chi connectivity index (χ2v) is 6.59. The van der Waals surface area contributed by atoms with Crippen LogP contribution in [0.2, 0.25) is 0 Å². The lowest BCUT2D eigenvalue weighted by atomic mass is 9.68. The molecule has 0 radical (unpaired) electrons. The maximum absolute atomic E-state index is 13.1. The van der Waals surface area contributed by atoms with Crippen LogP contribution in [0.25, 0.3) is 0 Å². The Morgan fingerprint density at radius 3 is 2.52 bits per heavy atom. The molecule has 0 saturated heterocycles. The van der Waals surface area contributed by atoms with E-state index >= 15 is 0 Å². The first-order chi connectivity index (χ1) is 10.0. The molecule has 2 aliphatic rings. The molecule has 21 heavy (non-hydrogen) atoms. The molecule has 118 valence electrons. The fraction of sp³-hybridized carbons (Fsp3) is 0.824. The molecular weight excluding hydrogens is 268 g/mol. The third kappa shape index (κ3) is 3.19. The monoisotopic (exact) mass is 294 g/mol. The number of esters is 1. The fourth-order valence-electron chi connectivity index (χ4n) is 4.19. The van der Waals surface area contributed by atoms with Crippen LogP contribution in [0.1, 0.15) is 65.2 Å². The van der Waals surface area contributed by atoms with Crippen LogP contribution in [-0.4, -0.2) is 24.1 Å². The molecule has 2 unspecified atom stereocenters. The number of ketones is 2. The third-order valence-corrected chi connectivity index (χ3v) is 5.11. The van der Waals surface area contributed by atoms with E-state index in [0.29, 0.717) is 12.3 Å². The number of ether oxygens (including phenoxy) is 1. The Bertz CT molecular complexity index is 429. The fourth-order valence-corrected chi connectivity index (χ4v) is 4.19. The molecule has 0 aliphatic heterocycles. The highest BCUT2D eigenvalue weighted by atomic mass is 16.5. The topological polar surface area (TPSA) is 60.4 Å². The van der Waals surface area contributed by atoms with Gasteiger partial charge in [0.15, 0.2) is 5.78 Å². The van der Waals surface area contributed by atoms with Crippen LogP contribution < -0.4 is 0 Å². The van der Waals surface area contributed by atoms with E-state index in [1.807, 2.05) is 0 Å². The van der Waals surface area contributed by atoms with Gasteiger partial charge in [-0.15, -0.1) is 0 Å². The predicted molar refractivity (Wildman–Crippen MR) is 78.7 cm³/mol. The summed E-state index contributed by atoms with van der Waals surface area (Å²) in [5.74, 6) is -0.250. The van der Waals surface area contributed by atoms with Gasteiger partial charge in [-0.3, -0.25) is 14.4 Å². The van der Waals surface area contributed by atoms with Gasteiger partial charge in [0.25, 0.3) is 0 Å². The first-order valence-corrected chi connectivity index (χ1v) is 8.22. The third-order valence-electron chi connectivity index (χ3n) is 5.11. The minimum atomic E-state index is -1.21. The Labute approximate surface area is 126 Å². The number of Topliss-reactive ketones (excluding diaryl/α,β-unsaturated/α-hetero) is 2. The van der Waals surface area contributed by atoms with Crippen LogP contribution in [-0.2, 0) is 19.1 Å². The normalized spacial score (nSPS) is 33.0. The lowest BCUT2D eigenvalue weighted by molar-refractivity contribution is -0.164.